The number of aromatic nitrogens is 2. The second-order valence-electron chi connectivity index (χ2n) is 4.26. The Kier molecular flexibility index (Phi) is 3.83. The molecule has 0 saturated carbocycles. The minimum Gasteiger partial charge on any atom is -0.484 e. The Hall–Kier alpha value is -2.40. The van der Waals surface area contributed by atoms with E-state index in [4.69, 9.17) is 20.8 Å². The summed E-state index contributed by atoms with van der Waals surface area (Å²) in [5.74, 6) is 0.694. The summed E-state index contributed by atoms with van der Waals surface area (Å²) in [6.07, 6.45) is 0. The third-order valence-electron chi connectivity index (χ3n) is 2.70. The standard InChI is InChI=1S/C15H10ClFN2O2/c16-11-4-1-3-10(7-11)15-19-18-14(21-15)9-20-13-6-2-5-12(17)8-13/h1-8H,9H2. The Morgan fingerprint density at radius 2 is 1.95 bits per heavy atom. The summed E-state index contributed by atoms with van der Waals surface area (Å²) in [6.45, 7) is 0.0665. The second kappa shape index (κ2) is 5.93. The van der Waals surface area contributed by atoms with E-state index in [1.54, 1.807) is 30.3 Å². The molecule has 0 aliphatic carbocycles. The van der Waals surface area contributed by atoms with E-state index >= 15 is 0 Å². The summed E-state index contributed by atoms with van der Waals surface area (Å²) in [4.78, 5) is 0. The number of benzene rings is 2. The van der Waals surface area contributed by atoms with Crippen molar-refractivity contribution < 1.29 is 13.5 Å². The predicted octanol–water partition coefficient (Wildman–Crippen LogP) is 4.11. The molecule has 0 saturated heterocycles. The van der Waals surface area contributed by atoms with Crippen LogP contribution >= 0.6 is 11.6 Å². The van der Waals surface area contributed by atoms with Crippen LogP contribution in [0.5, 0.6) is 5.75 Å². The molecular weight excluding hydrogens is 295 g/mol. The fraction of sp³-hybridized carbons (Fsp3) is 0.0667. The third kappa shape index (κ3) is 3.38. The van der Waals surface area contributed by atoms with Crippen LogP contribution in [-0.2, 0) is 6.61 Å². The van der Waals surface area contributed by atoms with E-state index in [1.807, 2.05) is 6.07 Å². The smallest absolute Gasteiger partial charge is 0.254 e. The normalized spacial score (nSPS) is 10.6. The van der Waals surface area contributed by atoms with Crippen LogP contribution in [0.3, 0.4) is 0 Å². The number of halogens is 2. The van der Waals surface area contributed by atoms with Crippen LogP contribution in [0.4, 0.5) is 4.39 Å². The molecule has 106 valence electrons. The molecule has 3 rings (SSSR count). The molecule has 0 amide bonds. The van der Waals surface area contributed by atoms with Crippen molar-refractivity contribution >= 4 is 11.6 Å². The first-order valence-electron chi connectivity index (χ1n) is 6.17. The van der Waals surface area contributed by atoms with Crippen LogP contribution in [0, 0.1) is 5.82 Å². The highest BCUT2D eigenvalue weighted by molar-refractivity contribution is 6.30. The summed E-state index contributed by atoms with van der Waals surface area (Å²) < 4.78 is 23.9. The summed E-state index contributed by atoms with van der Waals surface area (Å²) in [7, 11) is 0. The molecule has 0 atom stereocenters. The first-order valence-corrected chi connectivity index (χ1v) is 6.55. The Balaban J connectivity index is 1.71. The third-order valence-corrected chi connectivity index (χ3v) is 2.93. The van der Waals surface area contributed by atoms with Crippen LogP contribution in [0.2, 0.25) is 5.02 Å². The first-order chi connectivity index (χ1) is 10.2. The topological polar surface area (TPSA) is 48.2 Å². The zero-order chi connectivity index (χ0) is 14.7. The lowest BCUT2D eigenvalue weighted by molar-refractivity contribution is 0.263. The van der Waals surface area contributed by atoms with Gasteiger partial charge in [-0.15, -0.1) is 10.2 Å². The molecule has 1 heterocycles. The molecule has 6 heteroatoms. The molecule has 0 aliphatic rings. The van der Waals surface area contributed by atoms with Gasteiger partial charge in [0.1, 0.15) is 11.6 Å². The summed E-state index contributed by atoms with van der Waals surface area (Å²) in [6, 6.07) is 12.9. The maximum atomic E-state index is 13.0. The SMILES string of the molecule is Fc1cccc(OCc2nnc(-c3cccc(Cl)c3)o2)c1. The predicted molar refractivity (Wildman–Crippen MR) is 75.5 cm³/mol. The molecule has 0 aliphatic heterocycles. The van der Waals surface area contributed by atoms with E-state index in [0.29, 0.717) is 22.6 Å². The van der Waals surface area contributed by atoms with Crippen LogP contribution in [0.1, 0.15) is 5.89 Å². The molecule has 21 heavy (non-hydrogen) atoms. The number of hydrogen-bond donors (Lipinski definition) is 0. The first kappa shape index (κ1) is 13.6. The van der Waals surface area contributed by atoms with Gasteiger partial charge in [-0.25, -0.2) is 4.39 Å². The van der Waals surface area contributed by atoms with Crippen molar-refractivity contribution in [2.75, 3.05) is 0 Å². The Labute approximate surface area is 125 Å². The molecule has 3 aromatic rings. The molecule has 0 unspecified atom stereocenters. The quantitative estimate of drug-likeness (QED) is 0.728. The van der Waals surface area contributed by atoms with Crippen LogP contribution in [0.25, 0.3) is 11.5 Å². The van der Waals surface area contributed by atoms with E-state index in [2.05, 4.69) is 10.2 Å². The lowest BCUT2D eigenvalue weighted by Gasteiger charge is -2.02. The number of nitrogens with zero attached hydrogens (tertiary/aromatic N) is 2. The van der Waals surface area contributed by atoms with Gasteiger partial charge in [-0.2, -0.15) is 0 Å². The zero-order valence-electron chi connectivity index (χ0n) is 10.8. The van der Waals surface area contributed by atoms with Gasteiger partial charge in [0.2, 0.25) is 5.89 Å². The molecule has 0 fully saturated rings. The van der Waals surface area contributed by atoms with Gasteiger partial charge in [-0.3, -0.25) is 0 Å². The molecule has 0 bridgehead atoms. The number of rotatable bonds is 4. The minimum atomic E-state index is -0.363. The largest absolute Gasteiger partial charge is 0.484 e. The maximum Gasteiger partial charge on any atom is 0.254 e. The number of hydrogen-bond acceptors (Lipinski definition) is 4. The number of ether oxygens (including phenoxy) is 1. The van der Waals surface area contributed by atoms with Gasteiger partial charge in [0.15, 0.2) is 6.61 Å². The fourth-order valence-corrected chi connectivity index (χ4v) is 1.94. The van der Waals surface area contributed by atoms with Gasteiger partial charge in [0.05, 0.1) is 0 Å². The molecule has 1 aromatic heterocycles. The van der Waals surface area contributed by atoms with Gasteiger partial charge in [-0.05, 0) is 30.3 Å². The average molecular weight is 305 g/mol. The maximum absolute atomic E-state index is 13.0. The van der Waals surface area contributed by atoms with Crippen molar-refractivity contribution in [2.24, 2.45) is 0 Å². The molecule has 0 spiro atoms. The Morgan fingerprint density at radius 1 is 1.10 bits per heavy atom. The van der Waals surface area contributed by atoms with Crippen molar-refractivity contribution in [3.8, 4) is 17.2 Å². The lowest BCUT2D eigenvalue weighted by atomic mass is 10.2. The molecule has 4 nitrogen and oxygen atoms in total. The molecule has 0 N–H and O–H groups in total. The van der Waals surface area contributed by atoms with Gasteiger partial charge in [0, 0.05) is 16.7 Å². The molecule has 2 aromatic carbocycles. The average Bonchev–Trinajstić information content (AvgIpc) is 2.94. The van der Waals surface area contributed by atoms with Crippen molar-refractivity contribution in [1.82, 2.24) is 10.2 Å². The minimum absolute atomic E-state index is 0.0665. The summed E-state index contributed by atoms with van der Waals surface area (Å²) in [5, 5.41) is 8.40. The van der Waals surface area contributed by atoms with Crippen molar-refractivity contribution in [1.29, 1.82) is 0 Å². The van der Waals surface area contributed by atoms with Gasteiger partial charge in [0.25, 0.3) is 5.89 Å². The van der Waals surface area contributed by atoms with E-state index in [9.17, 15) is 4.39 Å². The molecular formula is C15H10ClFN2O2. The van der Waals surface area contributed by atoms with Crippen LogP contribution < -0.4 is 4.74 Å². The Morgan fingerprint density at radius 3 is 2.76 bits per heavy atom. The highest BCUT2D eigenvalue weighted by Crippen LogP contribution is 2.22. The highest BCUT2D eigenvalue weighted by atomic mass is 35.5. The van der Waals surface area contributed by atoms with Gasteiger partial charge < -0.3 is 9.15 Å². The van der Waals surface area contributed by atoms with Crippen molar-refractivity contribution in [2.45, 2.75) is 6.61 Å². The van der Waals surface area contributed by atoms with Gasteiger partial charge >= 0.3 is 0 Å². The fourth-order valence-electron chi connectivity index (χ4n) is 1.75. The monoisotopic (exact) mass is 304 g/mol. The summed E-state index contributed by atoms with van der Waals surface area (Å²) in [5.41, 5.74) is 0.729. The van der Waals surface area contributed by atoms with Crippen molar-refractivity contribution in [3.63, 3.8) is 0 Å². The highest BCUT2D eigenvalue weighted by Gasteiger charge is 2.09. The summed E-state index contributed by atoms with van der Waals surface area (Å²) >= 11 is 5.91. The Bertz CT molecular complexity index is 761. The lowest BCUT2D eigenvalue weighted by Crippen LogP contribution is -1.95. The zero-order valence-corrected chi connectivity index (χ0v) is 11.5. The van der Waals surface area contributed by atoms with E-state index in [0.717, 1.165) is 5.56 Å². The van der Waals surface area contributed by atoms with E-state index < -0.39 is 0 Å². The van der Waals surface area contributed by atoms with Crippen molar-refractivity contribution in [3.05, 3.63) is 65.3 Å². The molecule has 0 radical (unpaired) electrons. The van der Waals surface area contributed by atoms with E-state index in [1.165, 1.54) is 12.1 Å². The van der Waals surface area contributed by atoms with Gasteiger partial charge in [-0.1, -0.05) is 23.7 Å². The second-order valence-corrected chi connectivity index (χ2v) is 4.69. The van der Waals surface area contributed by atoms with E-state index in [-0.39, 0.29) is 12.4 Å². The van der Waals surface area contributed by atoms with Crippen LogP contribution in [0.15, 0.2) is 52.9 Å². The van der Waals surface area contributed by atoms with Crippen LogP contribution in [-0.4, -0.2) is 10.2 Å².